The van der Waals surface area contributed by atoms with E-state index in [0.29, 0.717) is 29.6 Å². The first kappa shape index (κ1) is 24.5. The summed E-state index contributed by atoms with van der Waals surface area (Å²) < 4.78 is 10.9. The van der Waals surface area contributed by atoms with Gasteiger partial charge in [0.1, 0.15) is 22.2 Å². The molecule has 2 atom stereocenters. The van der Waals surface area contributed by atoms with E-state index in [9.17, 15) is 0 Å². The van der Waals surface area contributed by atoms with Gasteiger partial charge in [-0.3, -0.25) is 0 Å². The van der Waals surface area contributed by atoms with Crippen LogP contribution < -0.4 is 16.0 Å². The molecule has 0 aliphatic carbocycles. The summed E-state index contributed by atoms with van der Waals surface area (Å²) >= 11 is 8.03. The highest BCUT2D eigenvalue weighted by Gasteiger charge is 2.47. The first-order valence-electron chi connectivity index (χ1n) is 11.8. The third-order valence-electron chi connectivity index (χ3n) is 6.96. The second kappa shape index (κ2) is 10.4. The highest BCUT2D eigenvalue weighted by atomic mass is 35.5. The van der Waals surface area contributed by atoms with Crippen molar-refractivity contribution >= 4 is 46.2 Å². The van der Waals surface area contributed by atoms with E-state index in [-0.39, 0.29) is 17.6 Å². The summed E-state index contributed by atoms with van der Waals surface area (Å²) in [6, 6.07) is 5.88. The summed E-state index contributed by atoms with van der Waals surface area (Å²) in [5.74, 6) is 1.50. The lowest BCUT2D eigenvalue weighted by Gasteiger charge is -2.41. The number of methoxy groups -OCH3 is 1. The van der Waals surface area contributed by atoms with Gasteiger partial charge in [0.25, 0.3) is 0 Å². The van der Waals surface area contributed by atoms with Gasteiger partial charge in [0, 0.05) is 49.3 Å². The van der Waals surface area contributed by atoms with Crippen molar-refractivity contribution < 1.29 is 9.47 Å². The summed E-state index contributed by atoms with van der Waals surface area (Å²) in [6.07, 6.45) is 5.67. The molecule has 3 aromatic rings. The van der Waals surface area contributed by atoms with Crippen LogP contribution in [-0.2, 0) is 9.47 Å². The zero-order valence-corrected chi connectivity index (χ0v) is 21.5. The molecule has 5 rings (SSSR count). The number of rotatable bonds is 7. The maximum absolute atomic E-state index is 6.56. The summed E-state index contributed by atoms with van der Waals surface area (Å²) in [5, 5.41) is 4.53. The van der Waals surface area contributed by atoms with Gasteiger partial charge in [0.05, 0.1) is 30.5 Å². The molecule has 2 saturated heterocycles. The molecule has 2 aliphatic rings. The van der Waals surface area contributed by atoms with Crippen LogP contribution in [0.4, 0.5) is 11.6 Å². The van der Waals surface area contributed by atoms with E-state index in [0.717, 1.165) is 53.8 Å². The molecule has 186 valence electrons. The number of pyridine rings is 2. The maximum Gasteiger partial charge on any atom is 0.179 e. The minimum Gasteiger partial charge on any atom is -0.383 e. The third-order valence-corrected chi connectivity index (χ3v) is 8.45. The Balaban J connectivity index is 1.27. The Hall–Kier alpha value is -2.24. The van der Waals surface area contributed by atoms with Gasteiger partial charge in [-0.15, -0.1) is 0 Å². The first-order valence-corrected chi connectivity index (χ1v) is 13.0. The number of aromatic nitrogens is 4. The Bertz CT molecular complexity index is 1190. The number of ether oxygens (including phenoxy) is 2. The van der Waals surface area contributed by atoms with Crippen LogP contribution in [0.15, 0.2) is 40.5 Å². The molecule has 11 heteroatoms. The van der Waals surface area contributed by atoms with Gasteiger partial charge in [-0.25, -0.2) is 19.9 Å². The molecule has 0 saturated carbocycles. The molecule has 5 heterocycles. The van der Waals surface area contributed by atoms with E-state index in [1.54, 1.807) is 13.3 Å². The number of nitrogens with two attached hydrogens (primary N) is 1. The molecular weight excluding hydrogens is 486 g/mol. The number of hydrogen-bond acceptors (Lipinski definition) is 10. The van der Waals surface area contributed by atoms with Gasteiger partial charge in [-0.05, 0) is 38.0 Å². The van der Waals surface area contributed by atoms with Crippen molar-refractivity contribution in [3.63, 3.8) is 0 Å². The number of nitrogens with zero attached hydrogens (tertiary/aromatic N) is 5. The van der Waals surface area contributed by atoms with Crippen molar-refractivity contribution in [1.29, 1.82) is 0 Å². The standard InChI is InChI=1S/C24H30ClN7O2S/c1-15-21(26)24(14-34-15)6-10-32(11-7-24)18-13-29-22-16(30-18)3-4-19(31-22)35-17-5-8-27-23(20(17)25)28-9-12-33-2/h3-5,8,13,15,21H,6-7,9-12,14,26H2,1-2H3,(H,27,28)/t15-,21+/m0/s1. The first-order chi connectivity index (χ1) is 17.0. The number of hydrogen-bond donors (Lipinski definition) is 2. The second-order valence-electron chi connectivity index (χ2n) is 9.11. The number of nitrogens with one attached hydrogen (secondary N) is 1. The molecule has 3 N–H and O–H groups in total. The predicted octanol–water partition coefficient (Wildman–Crippen LogP) is 3.62. The molecule has 3 aromatic heterocycles. The van der Waals surface area contributed by atoms with Crippen molar-refractivity contribution in [2.75, 3.05) is 50.2 Å². The normalized spacial score (nSPS) is 21.7. The van der Waals surface area contributed by atoms with Crippen molar-refractivity contribution in [1.82, 2.24) is 19.9 Å². The molecule has 35 heavy (non-hydrogen) atoms. The van der Waals surface area contributed by atoms with Crippen LogP contribution in [0.25, 0.3) is 11.2 Å². The summed E-state index contributed by atoms with van der Waals surface area (Å²) in [6.45, 7) is 5.81. The van der Waals surface area contributed by atoms with Crippen molar-refractivity contribution in [2.24, 2.45) is 11.1 Å². The quantitative estimate of drug-likeness (QED) is 0.452. The molecule has 0 bridgehead atoms. The SMILES string of the molecule is COCCNc1nccc(Sc2ccc3nc(N4CCC5(CC4)CO[C@@H](C)[C@H]5N)cnc3n2)c1Cl. The highest BCUT2D eigenvalue weighted by molar-refractivity contribution is 7.99. The van der Waals surface area contributed by atoms with Crippen LogP contribution in [0.5, 0.6) is 0 Å². The van der Waals surface area contributed by atoms with Gasteiger partial charge in [-0.2, -0.15) is 0 Å². The van der Waals surface area contributed by atoms with Crippen LogP contribution in [0.2, 0.25) is 5.02 Å². The fraction of sp³-hybridized carbons (Fsp3) is 0.500. The second-order valence-corrected chi connectivity index (χ2v) is 10.5. The average molecular weight is 516 g/mol. The van der Waals surface area contributed by atoms with Crippen LogP contribution in [-0.4, -0.2) is 72.0 Å². The van der Waals surface area contributed by atoms with Gasteiger partial charge in [0.2, 0.25) is 0 Å². The molecule has 9 nitrogen and oxygen atoms in total. The van der Waals surface area contributed by atoms with Crippen molar-refractivity contribution in [3.05, 3.63) is 35.6 Å². The van der Waals surface area contributed by atoms with Crippen LogP contribution in [0.3, 0.4) is 0 Å². The molecule has 0 amide bonds. The van der Waals surface area contributed by atoms with Crippen LogP contribution in [0.1, 0.15) is 19.8 Å². The van der Waals surface area contributed by atoms with Crippen molar-refractivity contribution in [3.8, 4) is 0 Å². The fourth-order valence-electron chi connectivity index (χ4n) is 4.75. The lowest BCUT2D eigenvalue weighted by atomic mass is 9.73. The summed E-state index contributed by atoms with van der Waals surface area (Å²) in [5.41, 5.74) is 7.92. The Morgan fingerprint density at radius 2 is 2.09 bits per heavy atom. The Labute approximate surface area is 214 Å². The molecule has 1 spiro atoms. The number of piperidine rings is 1. The highest BCUT2D eigenvalue weighted by Crippen LogP contribution is 2.42. The van der Waals surface area contributed by atoms with E-state index in [1.165, 1.54) is 11.8 Å². The Morgan fingerprint density at radius 3 is 2.83 bits per heavy atom. The zero-order chi connectivity index (χ0) is 24.4. The monoisotopic (exact) mass is 515 g/mol. The summed E-state index contributed by atoms with van der Waals surface area (Å²) in [4.78, 5) is 21.6. The van der Waals surface area contributed by atoms with Gasteiger partial charge in [0.15, 0.2) is 5.65 Å². The molecule has 0 aromatic carbocycles. The minimum atomic E-state index is 0.0846. The molecule has 2 aliphatic heterocycles. The zero-order valence-electron chi connectivity index (χ0n) is 19.9. The van der Waals surface area contributed by atoms with Crippen LogP contribution >= 0.6 is 23.4 Å². The molecule has 0 radical (unpaired) electrons. The average Bonchev–Trinajstić information content (AvgIpc) is 3.15. The Morgan fingerprint density at radius 1 is 1.26 bits per heavy atom. The van der Waals surface area contributed by atoms with E-state index < -0.39 is 0 Å². The summed E-state index contributed by atoms with van der Waals surface area (Å²) in [7, 11) is 1.66. The lowest BCUT2D eigenvalue weighted by molar-refractivity contribution is 0.0974. The largest absolute Gasteiger partial charge is 0.383 e. The van der Waals surface area contributed by atoms with E-state index in [2.05, 4.69) is 27.1 Å². The predicted molar refractivity (Wildman–Crippen MR) is 138 cm³/mol. The fourth-order valence-corrected chi connectivity index (χ4v) is 5.86. The maximum atomic E-state index is 6.56. The number of halogens is 1. The topological polar surface area (TPSA) is 111 Å². The van der Waals surface area contributed by atoms with Gasteiger partial charge in [-0.1, -0.05) is 23.4 Å². The molecule has 2 fully saturated rings. The third kappa shape index (κ3) is 5.03. The molecule has 0 unspecified atom stereocenters. The van der Waals surface area contributed by atoms with Crippen molar-refractivity contribution in [2.45, 2.75) is 41.8 Å². The lowest BCUT2D eigenvalue weighted by Crippen LogP contribution is -2.50. The van der Waals surface area contributed by atoms with Gasteiger partial charge >= 0.3 is 0 Å². The van der Waals surface area contributed by atoms with Crippen LogP contribution in [0, 0.1) is 5.41 Å². The molecular formula is C24H30ClN7O2S. The Kier molecular flexibility index (Phi) is 7.26. The van der Waals surface area contributed by atoms with Gasteiger partial charge < -0.3 is 25.4 Å². The minimum absolute atomic E-state index is 0.0846. The number of anilines is 2. The van der Waals surface area contributed by atoms with E-state index in [1.807, 2.05) is 24.4 Å². The van der Waals surface area contributed by atoms with E-state index >= 15 is 0 Å². The number of fused-ring (bicyclic) bond motifs is 1. The smallest absolute Gasteiger partial charge is 0.179 e. The van der Waals surface area contributed by atoms with E-state index in [4.69, 9.17) is 36.8 Å².